The summed E-state index contributed by atoms with van der Waals surface area (Å²) in [7, 11) is 0. The molecule has 126 valence electrons. The number of aliphatic imine (C=N–C) groups is 1. The normalized spacial score (nSPS) is 11.4. The van der Waals surface area contributed by atoms with Crippen LogP contribution in [-0.2, 0) is 0 Å². The summed E-state index contributed by atoms with van der Waals surface area (Å²) >= 11 is 3.43. The standard InChI is InChI=1S/C21H19BrN2O/c1-3-4-5-9-16(2)24-21(25)19-12-6-7-13-20(19)23-15-17-10-8-11-18(22)14-17/h3-15H,2H2,1H3,(H,24,25)/b4-3-,9-5-,23-15?. The Morgan fingerprint density at radius 3 is 2.72 bits per heavy atom. The lowest BCUT2D eigenvalue weighted by molar-refractivity contribution is 0.0968. The quantitative estimate of drug-likeness (QED) is 0.504. The van der Waals surface area contributed by atoms with Crippen LogP contribution in [0.15, 0.2) is 94.6 Å². The van der Waals surface area contributed by atoms with Crippen LogP contribution in [0.25, 0.3) is 0 Å². The van der Waals surface area contributed by atoms with Crippen molar-refractivity contribution in [3.05, 3.63) is 101 Å². The number of hydrogen-bond donors (Lipinski definition) is 1. The summed E-state index contributed by atoms with van der Waals surface area (Å²) in [4.78, 5) is 16.9. The van der Waals surface area contributed by atoms with E-state index in [1.807, 2.05) is 67.6 Å². The molecule has 0 aliphatic rings. The molecule has 4 heteroatoms. The van der Waals surface area contributed by atoms with Crippen LogP contribution < -0.4 is 5.32 Å². The molecule has 0 radical (unpaired) electrons. The zero-order chi connectivity index (χ0) is 18.1. The minimum absolute atomic E-state index is 0.239. The average molecular weight is 395 g/mol. The van der Waals surface area contributed by atoms with Crippen LogP contribution in [0.1, 0.15) is 22.8 Å². The average Bonchev–Trinajstić information content (AvgIpc) is 2.60. The van der Waals surface area contributed by atoms with Crippen molar-refractivity contribution in [3.8, 4) is 0 Å². The van der Waals surface area contributed by atoms with Crippen LogP contribution in [0.4, 0.5) is 5.69 Å². The van der Waals surface area contributed by atoms with Crippen molar-refractivity contribution < 1.29 is 4.79 Å². The number of halogens is 1. The summed E-state index contributed by atoms with van der Waals surface area (Å²) in [6, 6.07) is 15.0. The number of allylic oxidation sites excluding steroid dienone is 4. The zero-order valence-corrected chi connectivity index (χ0v) is 15.5. The van der Waals surface area contributed by atoms with E-state index < -0.39 is 0 Å². The smallest absolute Gasteiger partial charge is 0.257 e. The molecule has 0 aromatic heterocycles. The second-order valence-electron chi connectivity index (χ2n) is 5.19. The van der Waals surface area contributed by atoms with Crippen LogP contribution in [0.2, 0.25) is 0 Å². The van der Waals surface area contributed by atoms with Gasteiger partial charge in [-0.05, 0) is 42.8 Å². The number of hydrogen-bond acceptors (Lipinski definition) is 2. The fraction of sp³-hybridized carbons (Fsp3) is 0.0476. The maximum Gasteiger partial charge on any atom is 0.257 e. The number of nitrogens with one attached hydrogen (secondary N) is 1. The van der Waals surface area contributed by atoms with Crippen LogP contribution in [0, 0.1) is 0 Å². The van der Waals surface area contributed by atoms with Gasteiger partial charge in [-0.15, -0.1) is 0 Å². The lowest BCUT2D eigenvalue weighted by Gasteiger charge is -2.07. The molecule has 0 unspecified atom stereocenters. The highest BCUT2D eigenvalue weighted by molar-refractivity contribution is 9.10. The van der Waals surface area contributed by atoms with Gasteiger partial charge in [-0.3, -0.25) is 9.79 Å². The molecule has 2 aromatic carbocycles. The Balaban J connectivity index is 2.17. The minimum Gasteiger partial charge on any atom is -0.322 e. The van der Waals surface area contributed by atoms with Gasteiger partial charge in [-0.1, -0.05) is 65.0 Å². The Kier molecular flexibility index (Phi) is 7.11. The second kappa shape index (κ2) is 9.55. The molecule has 0 saturated carbocycles. The molecule has 0 atom stereocenters. The molecule has 0 fully saturated rings. The van der Waals surface area contributed by atoms with E-state index in [-0.39, 0.29) is 5.91 Å². The number of amides is 1. The van der Waals surface area contributed by atoms with Gasteiger partial charge in [0.25, 0.3) is 5.91 Å². The number of nitrogens with zero attached hydrogens (tertiary/aromatic N) is 1. The van der Waals surface area contributed by atoms with Crippen LogP contribution in [-0.4, -0.2) is 12.1 Å². The molecule has 1 amide bonds. The zero-order valence-electron chi connectivity index (χ0n) is 13.9. The Morgan fingerprint density at radius 2 is 1.96 bits per heavy atom. The van der Waals surface area contributed by atoms with E-state index in [2.05, 4.69) is 32.8 Å². The van der Waals surface area contributed by atoms with E-state index in [9.17, 15) is 4.79 Å². The molecule has 0 aliphatic carbocycles. The van der Waals surface area contributed by atoms with Crippen molar-refractivity contribution in [2.45, 2.75) is 6.92 Å². The summed E-state index contributed by atoms with van der Waals surface area (Å²) in [5.74, 6) is -0.239. The van der Waals surface area contributed by atoms with E-state index in [4.69, 9.17) is 0 Å². The molecule has 0 spiro atoms. The van der Waals surface area contributed by atoms with Gasteiger partial charge >= 0.3 is 0 Å². The third kappa shape index (κ3) is 6.01. The molecule has 3 nitrogen and oxygen atoms in total. The molecule has 25 heavy (non-hydrogen) atoms. The number of carbonyl (C=O) groups excluding carboxylic acids is 1. The second-order valence-corrected chi connectivity index (χ2v) is 6.11. The Labute approximate surface area is 156 Å². The molecular formula is C21H19BrN2O. The number of carbonyl (C=O) groups is 1. The van der Waals surface area contributed by atoms with Gasteiger partial charge in [0, 0.05) is 16.4 Å². The predicted molar refractivity (Wildman–Crippen MR) is 108 cm³/mol. The Morgan fingerprint density at radius 1 is 1.16 bits per heavy atom. The summed E-state index contributed by atoms with van der Waals surface area (Å²) in [5, 5.41) is 2.77. The first kappa shape index (κ1) is 18.6. The molecular weight excluding hydrogens is 376 g/mol. The molecule has 0 bridgehead atoms. The van der Waals surface area contributed by atoms with E-state index in [1.165, 1.54) is 0 Å². The lowest BCUT2D eigenvalue weighted by atomic mass is 10.1. The number of para-hydroxylation sites is 1. The highest BCUT2D eigenvalue weighted by atomic mass is 79.9. The third-order valence-corrected chi connectivity index (χ3v) is 3.72. The van der Waals surface area contributed by atoms with Crippen molar-refractivity contribution in [1.82, 2.24) is 5.32 Å². The number of rotatable bonds is 6. The van der Waals surface area contributed by atoms with E-state index >= 15 is 0 Å². The monoisotopic (exact) mass is 394 g/mol. The van der Waals surface area contributed by atoms with Gasteiger partial charge in [0.15, 0.2) is 0 Å². The lowest BCUT2D eigenvalue weighted by Crippen LogP contribution is -2.21. The van der Waals surface area contributed by atoms with Gasteiger partial charge in [0.1, 0.15) is 0 Å². The first-order valence-corrected chi connectivity index (χ1v) is 8.57. The van der Waals surface area contributed by atoms with Crippen molar-refractivity contribution in [2.75, 3.05) is 0 Å². The molecule has 2 aromatic rings. The summed E-state index contributed by atoms with van der Waals surface area (Å²) in [5.41, 5.74) is 2.57. The van der Waals surface area contributed by atoms with Crippen molar-refractivity contribution in [1.29, 1.82) is 0 Å². The first-order valence-electron chi connectivity index (χ1n) is 7.78. The molecule has 0 aliphatic heterocycles. The maximum absolute atomic E-state index is 12.5. The highest BCUT2D eigenvalue weighted by Crippen LogP contribution is 2.19. The maximum atomic E-state index is 12.5. The molecule has 1 N–H and O–H groups in total. The van der Waals surface area contributed by atoms with Crippen LogP contribution >= 0.6 is 15.9 Å². The molecule has 2 rings (SSSR count). The minimum atomic E-state index is -0.239. The fourth-order valence-corrected chi connectivity index (χ4v) is 2.46. The van der Waals surface area contributed by atoms with E-state index in [0.717, 1.165) is 10.0 Å². The molecule has 0 heterocycles. The first-order chi connectivity index (χ1) is 12.1. The van der Waals surface area contributed by atoms with E-state index in [0.29, 0.717) is 16.9 Å². The van der Waals surface area contributed by atoms with Crippen molar-refractivity contribution >= 4 is 33.7 Å². The summed E-state index contributed by atoms with van der Waals surface area (Å²) < 4.78 is 0.978. The van der Waals surface area contributed by atoms with Crippen molar-refractivity contribution in [2.24, 2.45) is 4.99 Å². The summed E-state index contributed by atoms with van der Waals surface area (Å²) in [6.45, 7) is 5.75. The Hall–Kier alpha value is -2.72. The predicted octanol–water partition coefficient (Wildman–Crippen LogP) is 5.58. The van der Waals surface area contributed by atoms with Gasteiger partial charge < -0.3 is 5.32 Å². The largest absolute Gasteiger partial charge is 0.322 e. The van der Waals surface area contributed by atoms with Crippen molar-refractivity contribution in [3.63, 3.8) is 0 Å². The topological polar surface area (TPSA) is 41.5 Å². The van der Waals surface area contributed by atoms with E-state index in [1.54, 1.807) is 18.4 Å². The fourth-order valence-electron chi connectivity index (χ4n) is 2.05. The number of benzene rings is 2. The van der Waals surface area contributed by atoms with Gasteiger partial charge in [0.2, 0.25) is 0 Å². The SMILES string of the molecule is C=C(/C=C\C=C/C)NC(=O)c1ccccc1N=Cc1cccc(Br)c1. The van der Waals surface area contributed by atoms with Crippen LogP contribution in [0.5, 0.6) is 0 Å². The van der Waals surface area contributed by atoms with Gasteiger partial charge in [0.05, 0.1) is 11.3 Å². The Bertz CT molecular complexity index is 850. The van der Waals surface area contributed by atoms with Gasteiger partial charge in [-0.2, -0.15) is 0 Å². The van der Waals surface area contributed by atoms with Crippen LogP contribution in [0.3, 0.4) is 0 Å². The summed E-state index contributed by atoms with van der Waals surface area (Å²) in [6.07, 6.45) is 9.06. The highest BCUT2D eigenvalue weighted by Gasteiger charge is 2.10. The molecule has 0 saturated heterocycles. The van der Waals surface area contributed by atoms with Gasteiger partial charge in [-0.25, -0.2) is 0 Å². The third-order valence-electron chi connectivity index (χ3n) is 3.23.